The summed E-state index contributed by atoms with van der Waals surface area (Å²) in [6.07, 6.45) is 5.35. The summed E-state index contributed by atoms with van der Waals surface area (Å²) >= 11 is 0. The van der Waals surface area contributed by atoms with Crippen molar-refractivity contribution in [2.24, 2.45) is 0 Å². The van der Waals surface area contributed by atoms with Crippen LogP contribution in [-0.4, -0.2) is 23.8 Å². The average Bonchev–Trinajstić information content (AvgIpc) is 3.08. The molecule has 2 fully saturated rings. The number of hydrogen-bond donors (Lipinski definition) is 2. The van der Waals surface area contributed by atoms with Gasteiger partial charge in [0.2, 0.25) is 0 Å². The van der Waals surface area contributed by atoms with Crippen molar-refractivity contribution < 1.29 is 5.11 Å². The van der Waals surface area contributed by atoms with Crippen molar-refractivity contribution in [1.29, 1.82) is 0 Å². The predicted octanol–water partition coefficient (Wildman–Crippen LogP) is 2.22. The Bertz CT molecular complexity index is 392. The van der Waals surface area contributed by atoms with E-state index in [-0.39, 0.29) is 5.60 Å². The topological polar surface area (TPSA) is 32.3 Å². The molecule has 0 bridgehead atoms. The van der Waals surface area contributed by atoms with E-state index in [0.29, 0.717) is 5.92 Å². The summed E-state index contributed by atoms with van der Waals surface area (Å²) in [7, 11) is 0. The van der Waals surface area contributed by atoms with Crippen LogP contribution in [0.5, 0.6) is 0 Å². The maximum absolute atomic E-state index is 9.97. The van der Waals surface area contributed by atoms with E-state index in [1.807, 2.05) is 0 Å². The molecule has 1 aliphatic heterocycles. The van der Waals surface area contributed by atoms with Crippen LogP contribution < -0.4 is 5.32 Å². The minimum Gasteiger partial charge on any atom is -0.390 e. The van der Waals surface area contributed by atoms with Crippen LogP contribution in [0.1, 0.15) is 42.7 Å². The largest absolute Gasteiger partial charge is 0.390 e. The highest BCUT2D eigenvalue weighted by molar-refractivity contribution is 5.29. The summed E-state index contributed by atoms with van der Waals surface area (Å²) in [5.41, 5.74) is 2.37. The summed E-state index contributed by atoms with van der Waals surface area (Å²) in [6.45, 7) is 2.27. The first-order chi connectivity index (χ1) is 8.25. The lowest BCUT2D eigenvalue weighted by atomic mass is 9.90. The minimum absolute atomic E-state index is 0.372. The van der Waals surface area contributed by atoms with Crippen molar-refractivity contribution >= 4 is 0 Å². The number of hydrogen-bond acceptors (Lipinski definition) is 2. The summed E-state index contributed by atoms with van der Waals surface area (Å²) in [4.78, 5) is 0. The van der Waals surface area contributed by atoms with Gasteiger partial charge < -0.3 is 10.4 Å². The van der Waals surface area contributed by atoms with Crippen LogP contribution in [0.2, 0.25) is 0 Å². The van der Waals surface area contributed by atoms with E-state index in [1.165, 1.54) is 24.0 Å². The Morgan fingerprint density at radius 2 is 2.24 bits per heavy atom. The molecule has 0 radical (unpaired) electrons. The molecular formula is C15H21NO. The van der Waals surface area contributed by atoms with Gasteiger partial charge in [-0.2, -0.15) is 0 Å². The Morgan fingerprint density at radius 1 is 1.35 bits per heavy atom. The van der Waals surface area contributed by atoms with Crippen LogP contribution in [0.3, 0.4) is 0 Å². The lowest BCUT2D eigenvalue weighted by Gasteiger charge is -2.23. The van der Waals surface area contributed by atoms with Gasteiger partial charge in [0.15, 0.2) is 0 Å². The van der Waals surface area contributed by atoms with Crippen molar-refractivity contribution in [3.05, 3.63) is 35.4 Å². The molecule has 0 aromatic heterocycles. The van der Waals surface area contributed by atoms with Gasteiger partial charge in [0.05, 0.1) is 5.60 Å². The molecule has 1 saturated carbocycles. The van der Waals surface area contributed by atoms with E-state index in [9.17, 15) is 5.11 Å². The first-order valence-electron chi connectivity index (χ1n) is 6.77. The predicted molar refractivity (Wildman–Crippen MR) is 69.2 cm³/mol. The third-order valence-corrected chi connectivity index (χ3v) is 4.08. The highest BCUT2D eigenvalue weighted by Gasteiger charge is 2.40. The van der Waals surface area contributed by atoms with E-state index in [1.54, 1.807) is 0 Å². The van der Waals surface area contributed by atoms with Gasteiger partial charge >= 0.3 is 0 Å². The molecule has 17 heavy (non-hydrogen) atoms. The third-order valence-electron chi connectivity index (χ3n) is 4.08. The van der Waals surface area contributed by atoms with E-state index < -0.39 is 0 Å². The molecule has 0 spiro atoms. The molecule has 1 aliphatic carbocycles. The molecule has 2 nitrogen and oxygen atoms in total. The van der Waals surface area contributed by atoms with Gasteiger partial charge in [0.25, 0.3) is 0 Å². The van der Waals surface area contributed by atoms with Gasteiger partial charge in [-0.3, -0.25) is 0 Å². The minimum atomic E-state index is -0.372. The van der Waals surface area contributed by atoms with E-state index in [2.05, 4.69) is 29.6 Å². The molecule has 1 saturated heterocycles. The molecule has 2 heteroatoms. The van der Waals surface area contributed by atoms with Crippen molar-refractivity contribution in [1.82, 2.24) is 5.32 Å². The second-order valence-corrected chi connectivity index (χ2v) is 5.69. The smallest absolute Gasteiger partial charge is 0.0690 e. The normalized spacial score (nSPS) is 26.8. The quantitative estimate of drug-likeness (QED) is 0.836. The van der Waals surface area contributed by atoms with Crippen LogP contribution in [0.4, 0.5) is 0 Å². The maximum Gasteiger partial charge on any atom is 0.0690 e. The Morgan fingerprint density at radius 3 is 2.94 bits per heavy atom. The fourth-order valence-corrected chi connectivity index (χ4v) is 2.79. The highest BCUT2D eigenvalue weighted by atomic mass is 16.3. The number of rotatable bonds is 3. The molecule has 2 aliphatic rings. The molecule has 1 heterocycles. The van der Waals surface area contributed by atoms with Crippen LogP contribution in [0, 0.1) is 0 Å². The molecule has 1 unspecified atom stereocenters. The Labute approximate surface area is 103 Å². The average molecular weight is 231 g/mol. The van der Waals surface area contributed by atoms with Crippen LogP contribution in [0.25, 0.3) is 0 Å². The first kappa shape index (κ1) is 11.2. The first-order valence-corrected chi connectivity index (χ1v) is 6.77. The second kappa shape index (κ2) is 4.43. The molecule has 2 N–H and O–H groups in total. The Kier molecular flexibility index (Phi) is 2.93. The molecule has 1 aromatic rings. The van der Waals surface area contributed by atoms with Crippen molar-refractivity contribution in [3.63, 3.8) is 0 Å². The molecule has 3 rings (SSSR count). The zero-order valence-corrected chi connectivity index (χ0v) is 10.3. The summed E-state index contributed by atoms with van der Waals surface area (Å²) in [5.74, 6) is 0.664. The summed E-state index contributed by atoms with van der Waals surface area (Å²) < 4.78 is 0. The number of piperidine rings is 1. The summed E-state index contributed by atoms with van der Waals surface area (Å²) in [6, 6.07) is 8.83. The summed E-state index contributed by atoms with van der Waals surface area (Å²) in [5, 5.41) is 13.4. The zero-order chi connectivity index (χ0) is 11.7. The van der Waals surface area contributed by atoms with Gasteiger partial charge in [-0.15, -0.1) is 0 Å². The van der Waals surface area contributed by atoms with Gasteiger partial charge in [-0.25, -0.2) is 0 Å². The number of benzene rings is 1. The number of nitrogens with one attached hydrogen (secondary N) is 1. The van der Waals surface area contributed by atoms with Crippen molar-refractivity contribution in [2.75, 3.05) is 13.1 Å². The van der Waals surface area contributed by atoms with E-state index in [4.69, 9.17) is 0 Å². The molecule has 0 amide bonds. The van der Waals surface area contributed by atoms with Crippen molar-refractivity contribution in [2.45, 2.75) is 43.6 Å². The van der Waals surface area contributed by atoms with Gasteiger partial charge in [0.1, 0.15) is 0 Å². The molecular weight excluding hydrogens is 210 g/mol. The van der Waals surface area contributed by atoms with Crippen LogP contribution >= 0.6 is 0 Å². The van der Waals surface area contributed by atoms with Crippen LogP contribution in [-0.2, 0) is 6.42 Å². The molecule has 92 valence electrons. The fourth-order valence-electron chi connectivity index (χ4n) is 2.79. The highest BCUT2D eigenvalue weighted by Crippen LogP contribution is 2.38. The van der Waals surface area contributed by atoms with Gasteiger partial charge in [-0.05, 0) is 49.3 Å². The second-order valence-electron chi connectivity index (χ2n) is 5.69. The fraction of sp³-hybridized carbons (Fsp3) is 0.600. The van der Waals surface area contributed by atoms with E-state index >= 15 is 0 Å². The Balaban J connectivity index is 1.73. The standard InChI is InChI=1S/C15H21NO/c17-15(6-7-15)10-12-3-1-4-13(9-12)14-5-2-8-16-11-14/h1,3-4,9,14,16-17H,2,5-8,10-11H2. The lowest BCUT2D eigenvalue weighted by Crippen LogP contribution is -2.28. The molecule has 1 atom stereocenters. The van der Waals surface area contributed by atoms with Gasteiger partial charge in [0, 0.05) is 13.0 Å². The Hall–Kier alpha value is -0.860. The third kappa shape index (κ3) is 2.70. The SMILES string of the molecule is OC1(Cc2cccc(C3CCCNC3)c2)CC1. The lowest BCUT2D eigenvalue weighted by molar-refractivity contribution is 0.151. The van der Waals surface area contributed by atoms with E-state index in [0.717, 1.165) is 32.4 Å². The van der Waals surface area contributed by atoms with Gasteiger partial charge in [-0.1, -0.05) is 24.3 Å². The zero-order valence-electron chi connectivity index (χ0n) is 10.3. The van der Waals surface area contributed by atoms with Crippen molar-refractivity contribution in [3.8, 4) is 0 Å². The maximum atomic E-state index is 9.97. The molecule has 1 aromatic carbocycles. The van der Waals surface area contributed by atoms with Crippen LogP contribution in [0.15, 0.2) is 24.3 Å². The number of aliphatic hydroxyl groups is 1. The monoisotopic (exact) mass is 231 g/mol.